The van der Waals surface area contributed by atoms with E-state index < -0.39 is 0 Å². The molecular weight excluding hydrogens is 407 g/mol. The summed E-state index contributed by atoms with van der Waals surface area (Å²) in [5.74, 6) is -0.145. The van der Waals surface area contributed by atoms with Crippen molar-refractivity contribution in [1.29, 1.82) is 0 Å². The summed E-state index contributed by atoms with van der Waals surface area (Å²) >= 11 is 0. The van der Waals surface area contributed by atoms with Crippen LogP contribution in [0.5, 0.6) is 0 Å². The molecule has 0 saturated carbocycles. The number of aromatic nitrogens is 1. The minimum Gasteiger partial charge on any atom is -0.323 e. The molecule has 1 aromatic carbocycles. The van der Waals surface area contributed by atoms with Crippen molar-refractivity contribution in [3.05, 3.63) is 119 Å². The van der Waals surface area contributed by atoms with Gasteiger partial charge in [0.15, 0.2) is 0 Å². The van der Waals surface area contributed by atoms with Crippen molar-refractivity contribution in [3.63, 3.8) is 0 Å². The number of rotatable bonds is 11. The predicted molar refractivity (Wildman–Crippen MR) is 140 cm³/mol. The molecule has 2 rings (SSSR count). The minimum absolute atomic E-state index is 0.0782. The van der Waals surface area contributed by atoms with E-state index in [1.807, 2.05) is 25.1 Å². The van der Waals surface area contributed by atoms with E-state index in [4.69, 9.17) is 10.7 Å². The second-order valence-corrected chi connectivity index (χ2v) is 8.58. The molecule has 0 bridgehead atoms. The molecule has 2 unspecified atom stereocenters. The van der Waals surface area contributed by atoms with E-state index in [2.05, 4.69) is 58.2 Å². The van der Waals surface area contributed by atoms with E-state index in [1.54, 1.807) is 18.2 Å². The van der Waals surface area contributed by atoms with Crippen molar-refractivity contribution in [3.8, 4) is 0 Å². The number of hydrogen-bond donors (Lipinski definition) is 1. The molecule has 33 heavy (non-hydrogen) atoms. The zero-order valence-corrected chi connectivity index (χ0v) is 20.4. The van der Waals surface area contributed by atoms with Gasteiger partial charge < -0.3 is 5.73 Å². The van der Waals surface area contributed by atoms with E-state index in [9.17, 15) is 4.39 Å². The summed E-state index contributed by atoms with van der Waals surface area (Å²) < 4.78 is 13.6. The van der Waals surface area contributed by atoms with Crippen LogP contribution in [0.1, 0.15) is 75.0 Å². The lowest BCUT2D eigenvalue weighted by Gasteiger charge is -2.22. The Bertz CT molecular complexity index is 1050. The number of allylic oxidation sites excluding steroid dienone is 8. The van der Waals surface area contributed by atoms with Crippen molar-refractivity contribution in [1.82, 2.24) is 4.98 Å². The summed E-state index contributed by atoms with van der Waals surface area (Å²) in [5, 5.41) is 0. The van der Waals surface area contributed by atoms with Gasteiger partial charge in [0, 0.05) is 12.0 Å². The zero-order chi connectivity index (χ0) is 24.4. The first-order valence-electron chi connectivity index (χ1n) is 11.5. The third-order valence-corrected chi connectivity index (χ3v) is 6.03. The average Bonchev–Trinajstić information content (AvgIpc) is 2.82. The highest BCUT2D eigenvalue weighted by atomic mass is 19.1. The van der Waals surface area contributed by atoms with E-state index in [1.165, 1.54) is 17.2 Å². The van der Waals surface area contributed by atoms with Gasteiger partial charge in [0.1, 0.15) is 5.82 Å². The first-order valence-corrected chi connectivity index (χ1v) is 11.5. The minimum atomic E-state index is -0.270. The summed E-state index contributed by atoms with van der Waals surface area (Å²) in [6.45, 7) is 16.2. The number of pyridine rings is 1. The number of nitrogens with zero attached hydrogens (tertiary/aromatic N) is 1. The molecule has 0 spiro atoms. The number of hydrogen-bond acceptors (Lipinski definition) is 2. The van der Waals surface area contributed by atoms with Crippen LogP contribution in [-0.4, -0.2) is 4.98 Å². The van der Waals surface area contributed by atoms with Crippen molar-refractivity contribution in [2.45, 2.75) is 58.9 Å². The van der Waals surface area contributed by atoms with Crippen molar-refractivity contribution in [2.24, 2.45) is 5.73 Å². The molecule has 3 heteroatoms. The maximum atomic E-state index is 13.6. The summed E-state index contributed by atoms with van der Waals surface area (Å²) in [5.41, 5.74) is 14.1. The Morgan fingerprint density at radius 1 is 1.15 bits per heavy atom. The van der Waals surface area contributed by atoms with Crippen LogP contribution in [0, 0.1) is 5.82 Å². The fourth-order valence-electron chi connectivity index (χ4n) is 3.76. The summed E-state index contributed by atoms with van der Waals surface area (Å²) in [6.07, 6.45) is 12.0. The fourth-order valence-corrected chi connectivity index (χ4v) is 3.76. The van der Waals surface area contributed by atoms with Gasteiger partial charge in [0.25, 0.3) is 0 Å². The Hall–Kier alpha value is -3.04. The highest BCUT2D eigenvalue weighted by Crippen LogP contribution is 2.32. The van der Waals surface area contributed by atoms with Crippen LogP contribution in [0.2, 0.25) is 0 Å². The molecule has 2 atom stereocenters. The van der Waals surface area contributed by atoms with E-state index >= 15 is 0 Å². The lowest BCUT2D eigenvalue weighted by molar-refractivity contribution is 0.606. The molecule has 0 fully saturated rings. The number of nitrogens with two attached hydrogens (primary N) is 1. The number of benzene rings is 1. The Morgan fingerprint density at radius 3 is 2.52 bits per heavy atom. The van der Waals surface area contributed by atoms with Crippen molar-refractivity contribution < 1.29 is 4.39 Å². The molecule has 1 aromatic heterocycles. The monoisotopic (exact) mass is 444 g/mol. The maximum absolute atomic E-state index is 13.6. The molecule has 1 heterocycles. The SMILES string of the molecule is C=C/C=C\C(=C/C)CC(C=C)c1ccc(C(C)=C(C)C)nc1C(N)CCc1cccc(F)c1. The number of halogens is 1. The van der Waals surface area contributed by atoms with Crippen molar-refractivity contribution in [2.75, 3.05) is 0 Å². The first-order chi connectivity index (χ1) is 15.8. The highest BCUT2D eigenvalue weighted by molar-refractivity contribution is 5.63. The molecule has 0 radical (unpaired) electrons. The van der Waals surface area contributed by atoms with Gasteiger partial charge in [-0.3, -0.25) is 4.98 Å². The van der Waals surface area contributed by atoms with Gasteiger partial charge in [-0.2, -0.15) is 0 Å². The van der Waals surface area contributed by atoms with Gasteiger partial charge in [-0.1, -0.05) is 66.3 Å². The van der Waals surface area contributed by atoms with E-state index in [-0.39, 0.29) is 17.8 Å². The fraction of sp³-hybridized carbons (Fsp3) is 0.300. The molecule has 174 valence electrons. The topological polar surface area (TPSA) is 38.9 Å². The third-order valence-electron chi connectivity index (χ3n) is 6.03. The normalized spacial score (nSPS) is 13.6. The van der Waals surface area contributed by atoms with Crippen LogP contribution in [0.4, 0.5) is 4.39 Å². The van der Waals surface area contributed by atoms with Gasteiger partial charge in [0.2, 0.25) is 0 Å². The van der Waals surface area contributed by atoms with Crippen molar-refractivity contribution >= 4 is 5.57 Å². The summed E-state index contributed by atoms with van der Waals surface area (Å²) in [7, 11) is 0. The molecule has 2 aromatic rings. The first kappa shape index (κ1) is 26.2. The standard InChI is InChI=1S/C30H37FN2/c1-7-10-12-23(8-2)19-25(9-3)27-16-18-29(22(6)21(4)5)33-30(27)28(32)17-15-24-13-11-14-26(31)20-24/h7-14,16,18,20,25,28H,1,3,15,17,19,32H2,2,4-6H3/b12-10-,23-8+. The molecule has 0 amide bonds. The van der Waals surface area contributed by atoms with Crippen LogP contribution >= 0.6 is 0 Å². The van der Waals surface area contributed by atoms with Crippen LogP contribution < -0.4 is 5.73 Å². The smallest absolute Gasteiger partial charge is 0.123 e. The summed E-state index contributed by atoms with van der Waals surface area (Å²) in [6, 6.07) is 10.7. The molecule has 0 saturated heterocycles. The maximum Gasteiger partial charge on any atom is 0.123 e. The second kappa shape index (κ2) is 12.9. The Labute approximate surface area is 199 Å². The van der Waals surface area contributed by atoms with Gasteiger partial charge in [-0.05, 0) is 81.9 Å². The van der Waals surface area contributed by atoms with E-state index in [0.29, 0.717) is 12.8 Å². The molecule has 0 aliphatic carbocycles. The third kappa shape index (κ3) is 7.50. The Kier molecular flexibility index (Phi) is 10.2. The molecular formula is C30H37FN2. The zero-order valence-electron chi connectivity index (χ0n) is 20.4. The van der Waals surface area contributed by atoms with Gasteiger partial charge >= 0.3 is 0 Å². The largest absolute Gasteiger partial charge is 0.323 e. The molecule has 2 N–H and O–H groups in total. The van der Waals surface area contributed by atoms with E-state index in [0.717, 1.165) is 34.5 Å². The lowest BCUT2D eigenvalue weighted by Crippen LogP contribution is -2.18. The lowest BCUT2D eigenvalue weighted by atomic mass is 9.87. The Balaban J connectivity index is 2.43. The van der Waals surface area contributed by atoms with Crippen LogP contribution in [0.3, 0.4) is 0 Å². The van der Waals surface area contributed by atoms with Gasteiger partial charge in [-0.15, -0.1) is 6.58 Å². The van der Waals surface area contributed by atoms with Gasteiger partial charge in [-0.25, -0.2) is 4.39 Å². The number of aryl methyl sites for hydroxylation is 1. The average molecular weight is 445 g/mol. The van der Waals surface area contributed by atoms with Crippen LogP contribution in [0.15, 0.2) is 91.1 Å². The molecule has 0 aliphatic rings. The van der Waals surface area contributed by atoms with Gasteiger partial charge in [0.05, 0.1) is 11.4 Å². The predicted octanol–water partition coefficient (Wildman–Crippen LogP) is 8.01. The Morgan fingerprint density at radius 2 is 1.91 bits per heavy atom. The quantitative estimate of drug-likeness (QED) is 0.281. The molecule has 0 aliphatic heterocycles. The summed E-state index contributed by atoms with van der Waals surface area (Å²) in [4.78, 5) is 5.03. The van der Waals surface area contributed by atoms with Crippen LogP contribution in [0.25, 0.3) is 5.57 Å². The molecule has 2 nitrogen and oxygen atoms in total. The van der Waals surface area contributed by atoms with Crippen LogP contribution in [-0.2, 0) is 6.42 Å². The highest BCUT2D eigenvalue weighted by Gasteiger charge is 2.20. The second-order valence-electron chi connectivity index (χ2n) is 8.58.